The third kappa shape index (κ3) is 7.61. The third-order valence-electron chi connectivity index (χ3n) is 6.93. The highest BCUT2D eigenvalue weighted by Gasteiger charge is 2.40. The van der Waals surface area contributed by atoms with E-state index < -0.39 is 0 Å². The van der Waals surface area contributed by atoms with E-state index in [4.69, 9.17) is 11.6 Å². The van der Waals surface area contributed by atoms with E-state index in [1.807, 2.05) is 0 Å². The average molecular weight is 447 g/mol. The molecule has 3 rings (SSSR count). The smallest absolute Gasteiger partial charge is 0.164 e. The molecule has 0 unspecified atom stereocenters. The van der Waals surface area contributed by atoms with Gasteiger partial charge in [0, 0.05) is 47.9 Å². The molecule has 1 N–H and O–H groups in total. The number of rotatable bonds is 10. The minimum atomic E-state index is 0.149. The van der Waals surface area contributed by atoms with Crippen LogP contribution in [0.5, 0.6) is 0 Å². The van der Waals surface area contributed by atoms with Crippen LogP contribution < -0.4 is 5.32 Å². The van der Waals surface area contributed by atoms with E-state index in [9.17, 15) is 9.59 Å². The fourth-order valence-corrected chi connectivity index (χ4v) is 5.52. The van der Waals surface area contributed by atoms with Crippen molar-refractivity contribution in [3.8, 4) is 0 Å². The highest BCUT2D eigenvalue weighted by Crippen LogP contribution is 2.40. The van der Waals surface area contributed by atoms with Gasteiger partial charge in [0.25, 0.3) is 0 Å². The van der Waals surface area contributed by atoms with Crippen molar-refractivity contribution in [2.24, 2.45) is 11.3 Å². The van der Waals surface area contributed by atoms with Gasteiger partial charge in [-0.1, -0.05) is 32.4 Å². The maximum Gasteiger partial charge on any atom is 0.164 e. The van der Waals surface area contributed by atoms with Gasteiger partial charge >= 0.3 is 0 Å². The van der Waals surface area contributed by atoms with E-state index in [-0.39, 0.29) is 5.78 Å². The van der Waals surface area contributed by atoms with Gasteiger partial charge in [0.15, 0.2) is 5.78 Å². The second-order valence-electron chi connectivity index (χ2n) is 10.8. The number of carbonyl (C=O) groups is 2. The van der Waals surface area contributed by atoms with Crippen LogP contribution >= 0.6 is 11.6 Å². The highest BCUT2D eigenvalue weighted by molar-refractivity contribution is 6.31. The highest BCUT2D eigenvalue weighted by atomic mass is 35.5. The topological polar surface area (TPSA) is 49.4 Å². The first-order chi connectivity index (χ1) is 14.7. The van der Waals surface area contributed by atoms with Crippen molar-refractivity contribution in [3.05, 3.63) is 35.2 Å². The van der Waals surface area contributed by atoms with Gasteiger partial charge in [0.2, 0.25) is 0 Å². The molecule has 0 aromatic rings. The number of nitrogens with one attached hydrogen (secondary N) is 1. The minimum absolute atomic E-state index is 0.149. The zero-order valence-electron chi connectivity index (χ0n) is 19.5. The van der Waals surface area contributed by atoms with Crippen molar-refractivity contribution < 1.29 is 9.59 Å². The van der Waals surface area contributed by atoms with Crippen molar-refractivity contribution in [3.63, 3.8) is 0 Å². The largest absolute Gasteiger partial charge is 0.367 e. The molecule has 2 saturated heterocycles. The summed E-state index contributed by atoms with van der Waals surface area (Å²) < 4.78 is 0. The lowest BCUT2D eigenvalue weighted by molar-refractivity contribution is -0.122. The normalized spacial score (nSPS) is 26.1. The van der Waals surface area contributed by atoms with Gasteiger partial charge in [0.1, 0.15) is 5.78 Å². The predicted molar refractivity (Wildman–Crippen MR) is 128 cm³/mol. The summed E-state index contributed by atoms with van der Waals surface area (Å²) in [5.74, 6) is 1.24. The van der Waals surface area contributed by atoms with E-state index in [0.717, 1.165) is 32.1 Å². The molecule has 2 fully saturated rings. The Morgan fingerprint density at radius 3 is 2.52 bits per heavy atom. The molecule has 4 nitrogen and oxygen atoms in total. The Kier molecular flexibility index (Phi) is 8.58. The molecule has 0 aromatic heterocycles. The van der Waals surface area contributed by atoms with Crippen LogP contribution in [-0.4, -0.2) is 35.1 Å². The van der Waals surface area contributed by atoms with Gasteiger partial charge < -0.3 is 5.32 Å². The Morgan fingerprint density at radius 2 is 1.84 bits per heavy atom. The number of ketones is 2. The maximum atomic E-state index is 12.5. The maximum absolute atomic E-state index is 12.5. The van der Waals surface area contributed by atoms with Crippen LogP contribution in [0.1, 0.15) is 85.0 Å². The van der Waals surface area contributed by atoms with Crippen molar-refractivity contribution in [1.82, 2.24) is 10.2 Å². The molecule has 0 saturated carbocycles. The number of hydrogen-bond donors (Lipinski definition) is 1. The second-order valence-corrected chi connectivity index (χ2v) is 11.2. The van der Waals surface area contributed by atoms with Crippen molar-refractivity contribution in [2.45, 2.75) is 97.1 Å². The van der Waals surface area contributed by atoms with Crippen molar-refractivity contribution in [2.75, 3.05) is 6.54 Å². The first kappa shape index (κ1) is 24.3. The molecule has 31 heavy (non-hydrogen) atoms. The van der Waals surface area contributed by atoms with Gasteiger partial charge in [-0.2, -0.15) is 0 Å². The summed E-state index contributed by atoms with van der Waals surface area (Å²) in [6, 6.07) is 1.13. The van der Waals surface area contributed by atoms with Crippen LogP contribution in [0.25, 0.3) is 0 Å². The Balaban J connectivity index is 1.39. The third-order valence-corrected chi connectivity index (χ3v) is 7.17. The lowest BCUT2D eigenvalue weighted by atomic mass is 9.86. The Morgan fingerprint density at radius 1 is 1.13 bits per heavy atom. The zero-order valence-corrected chi connectivity index (χ0v) is 20.2. The number of fused-ring (bicyclic) bond motifs is 2. The molecule has 5 heteroatoms. The number of Topliss-reactive ketones (excluding diaryl/α,β-unsaturated/α-hetero) is 2. The molecule has 0 aromatic carbocycles. The summed E-state index contributed by atoms with van der Waals surface area (Å²) in [4.78, 5) is 27.6. The second kappa shape index (κ2) is 11.0. The van der Waals surface area contributed by atoms with E-state index in [0.29, 0.717) is 52.8 Å². The number of nitrogens with zero attached hydrogens (tertiary/aromatic N) is 1. The van der Waals surface area contributed by atoms with Gasteiger partial charge in [-0.05, 0) is 74.9 Å². The number of carbonyl (C=O) groups excluding carboxylic acids is 2. The number of hydrogen-bond acceptors (Lipinski definition) is 4. The number of piperidine rings is 1. The number of allylic oxidation sites excluding steroid dienone is 4. The summed E-state index contributed by atoms with van der Waals surface area (Å²) in [6.45, 7) is 7.36. The molecular formula is C26H39ClN2O2. The average Bonchev–Trinajstić information content (AvgIpc) is 2.87. The lowest BCUT2D eigenvalue weighted by Crippen LogP contribution is -2.45. The molecule has 2 bridgehead atoms. The fraction of sp³-hybridized carbons (Fsp3) is 0.692. The molecule has 0 aliphatic carbocycles. The van der Waals surface area contributed by atoms with Crippen LogP contribution in [0.3, 0.4) is 0 Å². The first-order valence-electron chi connectivity index (χ1n) is 12.0. The minimum Gasteiger partial charge on any atom is -0.367 e. The molecule has 172 valence electrons. The van der Waals surface area contributed by atoms with Crippen molar-refractivity contribution in [1.29, 1.82) is 0 Å². The summed E-state index contributed by atoms with van der Waals surface area (Å²) in [5.41, 5.74) is 0.955. The lowest BCUT2D eigenvalue weighted by Gasteiger charge is -2.38. The molecule has 3 aliphatic rings. The van der Waals surface area contributed by atoms with Gasteiger partial charge in [0.05, 0.1) is 6.54 Å². The van der Waals surface area contributed by atoms with Crippen LogP contribution in [0.2, 0.25) is 0 Å². The van der Waals surface area contributed by atoms with Gasteiger partial charge in [-0.3, -0.25) is 14.5 Å². The summed E-state index contributed by atoms with van der Waals surface area (Å²) in [5, 5.41) is 3.55. The predicted octanol–water partition coefficient (Wildman–Crippen LogP) is 5.88. The molecule has 3 heterocycles. The molecule has 0 amide bonds. The van der Waals surface area contributed by atoms with Crippen LogP contribution in [-0.2, 0) is 9.59 Å². The van der Waals surface area contributed by atoms with Crippen LogP contribution in [0, 0.1) is 11.3 Å². The van der Waals surface area contributed by atoms with Gasteiger partial charge in [-0.25, -0.2) is 0 Å². The fourth-order valence-electron chi connectivity index (χ4n) is 5.34. The molecule has 3 atom stereocenters. The standard InChI is InChI=1S/C26H39ClN2O2/c1-26(2,3)12-5-7-24(30)18-29-22-9-10-23(29)15-19(14-22)6-4-8-25(31)20-16-21(27)11-13-28-17-20/h11,13,16-17,19,22-23,28H,4-10,12,14-15,18H2,1-3H3/t19-,22-,23+. The quantitative estimate of drug-likeness (QED) is 0.455. The zero-order chi connectivity index (χ0) is 22.4. The summed E-state index contributed by atoms with van der Waals surface area (Å²) in [6.07, 6.45) is 17.2. The van der Waals surface area contributed by atoms with E-state index in [2.05, 4.69) is 31.0 Å². The van der Waals surface area contributed by atoms with Crippen LogP contribution in [0.4, 0.5) is 0 Å². The Bertz CT molecular complexity index is 733. The van der Waals surface area contributed by atoms with E-state index >= 15 is 0 Å². The van der Waals surface area contributed by atoms with E-state index in [1.165, 1.54) is 25.7 Å². The van der Waals surface area contributed by atoms with E-state index in [1.54, 1.807) is 24.6 Å². The Labute approximate surface area is 193 Å². The SMILES string of the molecule is CC(C)(C)CCCC(=O)CN1[C@@H]2CC[C@H]1C[C@H](CCCC(=O)C1=CNC=CC(Cl)=C1)C2. The summed E-state index contributed by atoms with van der Waals surface area (Å²) >= 11 is 6.06. The first-order valence-corrected chi connectivity index (χ1v) is 12.4. The number of halogens is 1. The molecule has 3 aliphatic heterocycles. The summed E-state index contributed by atoms with van der Waals surface area (Å²) in [7, 11) is 0. The monoisotopic (exact) mass is 446 g/mol. The Hall–Kier alpha value is -1.39. The van der Waals surface area contributed by atoms with Crippen LogP contribution in [0.15, 0.2) is 35.2 Å². The molecule has 0 spiro atoms. The van der Waals surface area contributed by atoms with Crippen molar-refractivity contribution >= 4 is 23.2 Å². The molecule has 0 radical (unpaired) electrons. The van der Waals surface area contributed by atoms with Gasteiger partial charge in [-0.15, -0.1) is 0 Å². The molecular weight excluding hydrogens is 408 g/mol.